The van der Waals surface area contributed by atoms with E-state index in [-0.39, 0.29) is 0 Å². The fraction of sp³-hybridized carbons (Fsp3) is 0.294. The maximum Gasteiger partial charge on any atom is 0.136 e. The number of methoxy groups -OCH3 is 3. The Morgan fingerprint density at radius 3 is 2.29 bits per heavy atom. The maximum atomic E-state index is 5.45. The number of ether oxygens (including phenoxy) is 3. The zero-order valence-corrected chi connectivity index (χ0v) is 14.1. The summed E-state index contributed by atoms with van der Waals surface area (Å²) in [5, 5.41) is 0. The van der Waals surface area contributed by atoms with Crippen LogP contribution in [0.25, 0.3) is 0 Å². The minimum atomic E-state index is 0.775. The van der Waals surface area contributed by atoms with E-state index >= 15 is 0 Å². The van der Waals surface area contributed by atoms with Gasteiger partial charge in [0.15, 0.2) is 0 Å². The van der Waals surface area contributed by atoms with Crippen LogP contribution in [0, 0.1) is 0 Å². The highest BCUT2D eigenvalue weighted by Gasteiger charge is 2.10. The van der Waals surface area contributed by atoms with Gasteiger partial charge in [-0.3, -0.25) is 0 Å². The molecule has 21 heavy (non-hydrogen) atoms. The predicted octanol–water partition coefficient (Wildman–Crippen LogP) is 4.26. The summed E-state index contributed by atoms with van der Waals surface area (Å²) in [6, 6.07) is 12.1. The van der Waals surface area contributed by atoms with Gasteiger partial charge in [0.1, 0.15) is 17.2 Å². The molecule has 0 radical (unpaired) electrons. The van der Waals surface area contributed by atoms with Crippen LogP contribution in [0.1, 0.15) is 11.1 Å². The third-order valence-electron chi connectivity index (χ3n) is 3.37. The van der Waals surface area contributed by atoms with Gasteiger partial charge in [-0.1, -0.05) is 12.1 Å². The molecule has 0 unspecified atom stereocenters. The first-order valence-corrected chi connectivity index (χ1v) is 7.50. The Hall–Kier alpha value is -1.68. The predicted molar refractivity (Wildman–Crippen MR) is 87.6 cm³/mol. The molecule has 0 bridgehead atoms. The van der Waals surface area contributed by atoms with Crippen molar-refractivity contribution >= 4 is 15.9 Å². The van der Waals surface area contributed by atoms with Crippen LogP contribution in [0.2, 0.25) is 0 Å². The maximum absolute atomic E-state index is 5.45. The number of hydrogen-bond donors (Lipinski definition) is 0. The molecular weight excluding hydrogens is 332 g/mol. The molecule has 112 valence electrons. The van der Waals surface area contributed by atoms with Gasteiger partial charge in [0.2, 0.25) is 0 Å². The Labute approximate surface area is 134 Å². The fourth-order valence-electron chi connectivity index (χ4n) is 2.22. The molecule has 0 spiro atoms. The average Bonchev–Trinajstić information content (AvgIpc) is 2.53. The Morgan fingerprint density at radius 1 is 0.857 bits per heavy atom. The van der Waals surface area contributed by atoms with Crippen LogP contribution in [0.4, 0.5) is 0 Å². The lowest BCUT2D eigenvalue weighted by molar-refractivity contribution is 0.389. The van der Waals surface area contributed by atoms with Gasteiger partial charge in [0, 0.05) is 6.07 Å². The number of rotatable bonds is 6. The van der Waals surface area contributed by atoms with E-state index in [4.69, 9.17) is 14.2 Å². The topological polar surface area (TPSA) is 27.7 Å². The van der Waals surface area contributed by atoms with Gasteiger partial charge in [0.25, 0.3) is 0 Å². The first kappa shape index (κ1) is 15.7. The molecule has 0 saturated heterocycles. The van der Waals surface area contributed by atoms with Crippen molar-refractivity contribution < 1.29 is 14.2 Å². The van der Waals surface area contributed by atoms with E-state index in [0.717, 1.165) is 40.1 Å². The van der Waals surface area contributed by atoms with Gasteiger partial charge in [-0.2, -0.15) is 0 Å². The number of aryl methyl sites for hydroxylation is 2. The van der Waals surface area contributed by atoms with E-state index in [1.807, 2.05) is 18.2 Å². The monoisotopic (exact) mass is 350 g/mol. The molecule has 0 saturated carbocycles. The van der Waals surface area contributed by atoms with E-state index in [2.05, 4.69) is 34.1 Å². The first-order valence-electron chi connectivity index (χ1n) is 6.71. The van der Waals surface area contributed by atoms with Gasteiger partial charge < -0.3 is 14.2 Å². The highest BCUT2D eigenvalue weighted by molar-refractivity contribution is 9.10. The van der Waals surface area contributed by atoms with E-state index in [0.29, 0.717) is 0 Å². The summed E-state index contributed by atoms with van der Waals surface area (Å²) in [7, 11) is 5.01. The van der Waals surface area contributed by atoms with Crippen LogP contribution in [-0.2, 0) is 12.8 Å². The largest absolute Gasteiger partial charge is 0.497 e. The molecule has 3 nitrogen and oxygen atoms in total. The summed E-state index contributed by atoms with van der Waals surface area (Å²) in [4.78, 5) is 0. The van der Waals surface area contributed by atoms with Crippen molar-refractivity contribution in [3.63, 3.8) is 0 Å². The highest BCUT2D eigenvalue weighted by Crippen LogP contribution is 2.33. The van der Waals surface area contributed by atoms with Crippen molar-refractivity contribution in [3.8, 4) is 17.2 Å². The molecular formula is C17H19BrO3. The molecule has 0 N–H and O–H groups in total. The summed E-state index contributed by atoms with van der Waals surface area (Å²) < 4.78 is 16.9. The minimum absolute atomic E-state index is 0.775. The quantitative estimate of drug-likeness (QED) is 0.778. The minimum Gasteiger partial charge on any atom is -0.497 e. The lowest BCUT2D eigenvalue weighted by Crippen LogP contribution is -1.98. The number of benzene rings is 2. The van der Waals surface area contributed by atoms with Crippen LogP contribution in [-0.4, -0.2) is 21.3 Å². The van der Waals surface area contributed by atoms with Crippen LogP contribution in [0.3, 0.4) is 0 Å². The molecule has 0 atom stereocenters. The molecule has 4 heteroatoms. The zero-order valence-electron chi connectivity index (χ0n) is 12.5. The third kappa shape index (κ3) is 3.91. The van der Waals surface area contributed by atoms with Crippen molar-refractivity contribution in [2.45, 2.75) is 12.8 Å². The second-order valence-electron chi connectivity index (χ2n) is 4.65. The summed E-state index contributed by atoms with van der Waals surface area (Å²) in [5.74, 6) is 2.50. The van der Waals surface area contributed by atoms with Gasteiger partial charge in [-0.25, -0.2) is 0 Å². The van der Waals surface area contributed by atoms with Crippen LogP contribution in [0.5, 0.6) is 17.2 Å². The summed E-state index contributed by atoms with van der Waals surface area (Å²) in [6.07, 6.45) is 1.81. The molecule has 0 aliphatic carbocycles. The van der Waals surface area contributed by atoms with Crippen LogP contribution in [0.15, 0.2) is 40.9 Å². The number of halogens is 1. The molecule has 0 heterocycles. The molecule has 2 rings (SSSR count). The average molecular weight is 351 g/mol. The number of hydrogen-bond acceptors (Lipinski definition) is 3. The van der Waals surface area contributed by atoms with E-state index in [9.17, 15) is 0 Å². The summed E-state index contributed by atoms with van der Waals surface area (Å²) >= 11 is 3.52. The molecule has 0 aliphatic heterocycles. The summed E-state index contributed by atoms with van der Waals surface area (Å²) in [5.41, 5.74) is 2.39. The smallest absolute Gasteiger partial charge is 0.136 e. The molecule has 0 aromatic heterocycles. The van der Waals surface area contributed by atoms with Gasteiger partial charge in [-0.15, -0.1) is 0 Å². The second kappa shape index (κ2) is 7.36. The van der Waals surface area contributed by atoms with Gasteiger partial charge in [-0.05, 0) is 58.1 Å². The fourth-order valence-corrected chi connectivity index (χ4v) is 2.78. The van der Waals surface area contributed by atoms with Crippen molar-refractivity contribution in [3.05, 3.63) is 52.0 Å². The molecule has 0 fully saturated rings. The van der Waals surface area contributed by atoms with Gasteiger partial charge in [0.05, 0.1) is 25.8 Å². The van der Waals surface area contributed by atoms with Gasteiger partial charge >= 0.3 is 0 Å². The summed E-state index contributed by atoms with van der Waals surface area (Å²) in [6.45, 7) is 0. The normalized spacial score (nSPS) is 10.3. The molecule has 2 aromatic rings. The van der Waals surface area contributed by atoms with Crippen molar-refractivity contribution in [1.29, 1.82) is 0 Å². The Balaban J connectivity index is 2.17. The zero-order chi connectivity index (χ0) is 15.2. The van der Waals surface area contributed by atoms with Crippen LogP contribution >= 0.6 is 15.9 Å². The van der Waals surface area contributed by atoms with E-state index < -0.39 is 0 Å². The lowest BCUT2D eigenvalue weighted by Gasteiger charge is -2.12. The molecule has 2 aromatic carbocycles. The third-order valence-corrected chi connectivity index (χ3v) is 3.99. The SMILES string of the molecule is COc1cccc(CCc2cc(Br)c(OC)cc2OC)c1. The highest BCUT2D eigenvalue weighted by atomic mass is 79.9. The van der Waals surface area contributed by atoms with Crippen LogP contribution < -0.4 is 14.2 Å². The Bertz CT molecular complexity index is 611. The Kier molecular flexibility index (Phi) is 5.51. The van der Waals surface area contributed by atoms with Crippen molar-refractivity contribution in [2.75, 3.05) is 21.3 Å². The molecule has 0 aliphatic rings. The standard InChI is InChI=1S/C17H19BrO3/c1-19-14-6-4-5-12(9-14)7-8-13-10-15(18)17(21-3)11-16(13)20-2/h4-6,9-11H,7-8H2,1-3H3. The Morgan fingerprint density at radius 2 is 1.62 bits per heavy atom. The van der Waals surface area contributed by atoms with E-state index in [1.54, 1.807) is 21.3 Å². The second-order valence-corrected chi connectivity index (χ2v) is 5.50. The lowest BCUT2D eigenvalue weighted by atomic mass is 10.0. The van der Waals surface area contributed by atoms with Crippen molar-refractivity contribution in [1.82, 2.24) is 0 Å². The molecule has 0 amide bonds. The van der Waals surface area contributed by atoms with E-state index in [1.165, 1.54) is 5.56 Å². The van der Waals surface area contributed by atoms with Crippen molar-refractivity contribution in [2.24, 2.45) is 0 Å². The first-order chi connectivity index (χ1) is 10.2.